The lowest BCUT2D eigenvalue weighted by molar-refractivity contribution is 0.833. The van der Waals surface area contributed by atoms with E-state index in [1.807, 2.05) is 30.7 Å². The molecular formula is C12H14ClN3. The molecule has 0 aliphatic rings. The molecule has 2 N–H and O–H groups in total. The Bertz CT molecular complexity index is 543. The van der Waals surface area contributed by atoms with Crippen molar-refractivity contribution in [2.45, 2.75) is 20.8 Å². The molecule has 0 spiro atoms. The minimum Gasteiger partial charge on any atom is -0.397 e. The van der Waals surface area contributed by atoms with Crippen LogP contribution in [0.5, 0.6) is 0 Å². The number of nitrogens with two attached hydrogens (primary N) is 1. The highest BCUT2D eigenvalue weighted by Crippen LogP contribution is 2.23. The molecule has 2 aromatic rings. The molecule has 1 aromatic carbocycles. The van der Waals surface area contributed by atoms with Crippen LogP contribution in [0, 0.1) is 20.8 Å². The summed E-state index contributed by atoms with van der Waals surface area (Å²) in [5.74, 6) is 0. The van der Waals surface area contributed by atoms with Crippen molar-refractivity contribution in [3.05, 3.63) is 40.2 Å². The fourth-order valence-corrected chi connectivity index (χ4v) is 1.75. The normalized spacial score (nSPS) is 10.8. The molecule has 0 radical (unpaired) electrons. The fraction of sp³-hybridized carbons (Fsp3) is 0.250. The van der Waals surface area contributed by atoms with Crippen LogP contribution in [0.1, 0.15) is 17.0 Å². The molecule has 84 valence electrons. The first-order chi connectivity index (χ1) is 7.50. The van der Waals surface area contributed by atoms with Gasteiger partial charge in [-0.25, -0.2) is 4.68 Å². The largest absolute Gasteiger partial charge is 0.397 e. The van der Waals surface area contributed by atoms with Crippen LogP contribution in [0.2, 0.25) is 5.02 Å². The molecule has 0 amide bonds. The van der Waals surface area contributed by atoms with E-state index in [2.05, 4.69) is 12.0 Å². The van der Waals surface area contributed by atoms with Gasteiger partial charge in [0.15, 0.2) is 0 Å². The SMILES string of the molecule is Cc1nn(-c2ccc(Cl)c(N)c2)c(C)c1C. The van der Waals surface area contributed by atoms with E-state index in [4.69, 9.17) is 17.3 Å². The first-order valence-electron chi connectivity index (χ1n) is 5.09. The molecule has 1 heterocycles. The Morgan fingerprint density at radius 3 is 2.44 bits per heavy atom. The number of aryl methyl sites for hydroxylation is 1. The molecular weight excluding hydrogens is 222 g/mol. The van der Waals surface area contributed by atoms with Gasteiger partial charge in [-0.3, -0.25) is 0 Å². The summed E-state index contributed by atoms with van der Waals surface area (Å²) >= 11 is 5.89. The summed E-state index contributed by atoms with van der Waals surface area (Å²) in [7, 11) is 0. The Kier molecular flexibility index (Phi) is 2.64. The minimum atomic E-state index is 0.571. The van der Waals surface area contributed by atoms with Gasteiger partial charge in [0.1, 0.15) is 0 Å². The molecule has 3 nitrogen and oxygen atoms in total. The number of benzene rings is 1. The number of hydrogen-bond acceptors (Lipinski definition) is 2. The molecule has 16 heavy (non-hydrogen) atoms. The number of rotatable bonds is 1. The zero-order chi connectivity index (χ0) is 11.9. The standard InChI is InChI=1S/C12H14ClN3/c1-7-8(2)15-16(9(7)3)10-4-5-11(13)12(14)6-10/h4-6H,14H2,1-3H3. The average Bonchev–Trinajstić information content (AvgIpc) is 2.50. The van der Waals surface area contributed by atoms with E-state index >= 15 is 0 Å². The van der Waals surface area contributed by atoms with E-state index in [9.17, 15) is 0 Å². The summed E-state index contributed by atoms with van der Waals surface area (Å²) in [5, 5.41) is 5.04. The molecule has 0 aliphatic carbocycles. The maximum absolute atomic E-state index is 5.89. The van der Waals surface area contributed by atoms with Crippen LogP contribution < -0.4 is 5.73 Å². The molecule has 0 aliphatic heterocycles. The molecule has 0 fully saturated rings. The molecule has 0 bridgehead atoms. The van der Waals surface area contributed by atoms with E-state index in [-0.39, 0.29) is 0 Å². The first kappa shape index (κ1) is 11.0. The van der Waals surface area contributed by atoms with Crippen molar-refractivity contribution in [1.29, 1.82) is 0 Å². The van der Waals surface area contributed by atoms with Crippen LogP contribution in [0.4, 0.5) is 5.69 Å². The lowest BCUT2D eigenvalue weighted by Crippen LogP contribution is -2.00. The van der Waals surface area contributed by atoms with Gasteiger partial charge in [0.2, 0.25) is 0 Å². The summed E-state index contributed by atoms with van der Waals surface area (Å²) in [5.41, 5.74) is 10.7. The number of nitrogens with zero attached hydrogens (tertiary/aromatic N) is 2. The van der Waals surface area contributed by atoms with Crippen LogP contribution in [-0.2, 0) is 0 Å². The van der Waals surface area contributed by atoms with Crippen molar-refractivity contribution in [3.63, 3.8) is 0 Å². The molecule has 0 saturated heterocycles. The lowest BCUT2D eigenvalue weighted by atomic mass is 10.2. The highest BCUT2D eigenvalue weighted by Gasteiger charge is 2.09. The van der Waals surface area contributed by atoms with E-state index in [0.29, 0.717) is 10.7 Å². The summed E-state index contributed by atoms with van der Waals surface area (Å²) in [6, 6.07) is 5.54. The third-order valence-electron chi connectivity index (χ3n) is 2.88. The number of nitrogen functional groups attached to an aromatic ring is 1. The number of halogens is 1. The van der Waals surface area contributed by atoms with Gasteiger partial charge in [0.25, 0.3) is 0 Å². The maximum atomic E-state index is 5.89. The van der Waals surface area contributed by atoms with Gasteiger partial charge in [0, 0.05) is 5.69 Å². The topological polar surface area (TPSA) is 43.8 Å². The van der Waals surface area contributed by atoms with E-state index in [1.165, 1.54) is 5.56 Å². The average molecular weight is 236 g/mol. The van der Waals surface area contributed by atoms with Crippen molar-refractivity contribution < 1.29 is 0 Å². The van der Waals surface area contributed by atoms with E-state index in [1.54, 1.807) is 6.07 Å². The van der Waals surface area contributed by atoms with Gasteiger partial charge in [-0.1, -0.05) is 11.6 Å². The zero-order valence-electron chi connectivity index (χ0n) is 9.58. The van der Waals surface area contributed by atoms with Crippen LogP contribution >= 0.6 is 11.6 Å². The summed E-state index contributed by atoms with van der Waals surface area (Å²) in [6.45, 7) is 6.10. The minimum absolute atomic E-state index is 0.571. The molecule has 0 atom stereocenters. The highest BCUT2D eigenvalue weighted by molar-refractivity contribution is 6.33. The molecule has 0 saturated carbocycles. The van der Waals surface area contributed by atoms with Crippen molar-refractivity contribution >= 4 is 17.3 Å². The Balaban J connectivity index is 2.59. The summed E-state index contributed by atoms with van der Waals surface area (Å²) in [4.78, 5) is 0. The smallest absolute Gasteiger partial charge is 0.0670 e. The van der Waals surface area contributed by atoms with Crippen LogP contribution in [0.25, 0.3) is 5.69 Å². The van der Waals surface area contributed by atoms with E-state index in [0.717, 1.165) is 17.1 Å². The second-order valence-electron chi connectivity index (χ2n) is 3.91. The van der Waals surface area contributed by atoms with Gasteiger partial charge in [0.05, 0.1) is 22.1 Å². The second kappa shape index (κ2) is 3.83. The second-order valence-corrected chi connectivity index (χ2v) is 4.32. The summed E-state index contributed by atoms with van der Waals surface area (Å²) < 4.78 is 1.89. The fourth-order valence-electron chi connectivity index (χ4n) is 1.63. The maximum Gasteiger partial charge on any atom is 0.0670 e. The first-order valence-corrected chi connectivity index (χ1v) is 5.46. The van der Waals surface area contributed by atoms with Gasteiger partial charge in [-0.2, -0.15) is 5.10 Å². The lowest BCUT2D eigenvalue weighted by Gasteiger charge is -2.06. The van der Waals surface area contributed by atoms with Crippen LogP contribution in [0.15, 0.2) is 18.2 Å². The van der Waals surface area contributed by atoms with Crippen molar-refractivity contribution in [2.24, 2.45) is 0 Å². The third kappa shape index (κ3) is 1.67. The highest BCUT2D eigenvalue weighted by atomic mass is 35.5. The van der Waals surface area contributed by atoms with Gasteiger partial charge in [-0.15, -0.1) is 0 Å². The van der Waals surface area contributed by atoms with E-state index < -0.39 is 0 Å². The summed E-state index contributed by atoms with van der Waals surface area (Å²) in [6.07, 6.45) is 0. The van der Waals surface area contributed by atoms with Crippen molar-refractivity contribution in [2.75, 3.05) is 5.73 Å². The monoisotopic (exact) mass is 235 g/mol. The van der Waals surface area contributed by atoms with Gasteiger partial charge < -0.3 is 5.73 Å². The van der Waals surface area contributed by atoms with Gasteiger partial charge in [-0.05, 0) is 44.5 Å². The molecule has 4 heteroatoms. The predicted octanol–water partition coefficient (Wildman–Crippen LogP) is 3.03. The predicted molar refractivity (Wildman–Crippen MR) is 67.2 cm³/mol. The number of anilines is 1. The Labute approximate surface area is 99.8 Å². The zero-order valence-corrected chi connectivity index (χ0v) is 10.3. The van der Waals surface area contributed by atoms with Crippen LogP contribution in [-0.4, -0.2) is 9.78 Å². The van der Waals surface area contributed by atoms with Crippen LogP contribution in [0.3, 0.4) is 0 Å². The third-order valence-corrected chi connectivity index (χ3v) is 3.22. The molecule has 0 unspecified atom stereocenters. The Morgan fingerprint density at radius 2 is 1.94 bits per heavy atom. The van der Waals surface area contributed by atoms with Crippen molar-refractivity contribution in [3.8, 4) is 5.69 Å². The Hall–Kier alpha value is -1.48. The Morgan fingerprint density at radius 1 is 1.25 bits per heavy atom. The quantitative estimate of drug-likeness (QED) is 0.773. The molecule has 2 rings (SSSR count). The number of hydrogen-bond donors (Lipinski definition) is 1. The number of aromatic nitrogens is 2. The molecule has 1 aromatic heterocycles. The van der Waals surface area contributed by atoms with Crippen molar-refractivity contribution in [1.82, 2.24) is 9.78 Å². The van der Waals surface area contributed by atoms with Gasteiger partial charge >= 0.3 is 0 Å².